The van der Waals surface area contributed by atoms with Crippen LogP contribution < -0.4 is 0 Å². The molecule has 0 bridgehead atoms. The van der Waals surface area contributed by atoms with E-state index in [4.69, 9.17) is 0 Å². The van der Waals surface area contributed by atoms with E-state index < -0.39 is 5.97 Å². The Labute approximate surface area is 66.1 Å². The van der Waals surface area contributed by atoms with Crippen LogP contribution in [0.3, 0.4) is 0 Å². The molecule has 0 aromatic rings. The molecule has 0 aromatic carbocycles. The lowest BCUT2D eigenvalue weighted by Gasteiger charge is -1.95. The number of aliphatic imine (C=N–C) groups is 1. The molecular formula is C8H11NO2. The molecule has 0 saturated carbocycles. The molecular weight excluding hydrogens is 142 g/mol. The maximum absolute atomic E-state index is 10.8. The highest BCUT2D eigenvalue weighted by Crippen LogP contribution is 1.96. The van der Waals surface area contributed by atoms with Gasteiger partial charge in [0.1, 0.15) is 0 Å². The Balaban J connectivity index is 4.38. The first kappa shape index (κ1) is 9.62. The Morgan fingerprint density at radius 1 is 1.64 bits per heavy atom. The number of esters is 1. The average molecular weight is 153 g/mol. The van der Waals surface area contributed by atoms with Gasteiger partial charge < -0.3 is 4.74 Å². The molecule has 0 amide bonds. The van der Waals surface area contributed by atoms with Crippen molar-refractivity contribution in [3.05, 3.63) is 24.3 Å². The monoisotopic (exact) mass is 153 g/mol. The third-order valence-electron chi connectivity index (χ3n) is 1.04. The topological polar surface area (TPSA) is 38.7 Å². The molecule has 0 saturated heterocycles. The molecule has 60 valence electrons. The fourth-order valence-electron chi connectivity index (χ4n) is 0.492. The summed E-state index contributed by atoms with van der Waals surface area (Å²) < 4.78 is 4.46. The molecule has 0 aliphatic carbocycles. The lowest BCUT2D eigenvalue weighted by Crippen LogP contribution is -2.02. The van der Waals surface area contributed by atoms with Crippen LogP contribution in [0.15, 0.2) is 29.3 Å². The van der Waals surface area contributed by atoms with Gasteiger partial charge in [-0.3, -0.25) is 4.99 Å². The second-order valence-electron chi connectivity index (χ2n) is 1.72. The SMILES string of the molecule is C=C/C(=C\C=N/C)C(=O)OC. The summed E-state index contributed by atoms with van der Waals surface area (Å²) in [6.45, 7) is 3.45. The number of hydrogen-bond acceptors (Lipinski definition) is 3. The zero-order valence-corrected chi connectivity index (χ0v) is 6.70. The highest BCUT2D eigenvalue weighted by molar-refractivity contribution is 5.95. The first-order valence-electron chi connectivity index (χ1n) is 3.09. The maximum atomic E-state index is 10.8. The second-order valence-corrected chi connectivity index (χ2v) is 1.72. The Hall–Kier alpha value is -1.38. The Kier molecular flexibility index (Phi) is 4.73. The third-order valence-corrected chi connectivity index (χ3v) is 1.04. The quantitative estimate of drug-likeness (QED) is 0.262. The summed E-state index contributed by atoms with van der Waals surface area (Å²) >= 11 is 0. The Bertz CT molecular complexity index is 204. The van der Waals surface area contributed by atoms with Gasteiger partial charge in [0.2, 0.25) is 0 Å². The molecule has 0 N–H and O–H groups in total. The summed E-state index contributed by atoms with van der Waals surface area (Å²) in [4.78, 5) is 14.5. The van der Waals surface area contributed by atoms with Gasteiger partial charge in [-0.05, 0) is 6.08 Å². The van der Waals surface area contributed by atoms with E-state index >= 15 is 0 Å². The van der Waals surface area contributed by atoms with E-state index in [0.29, 0.717) is 5.57 Å². The van der Waals surface area contributed by atoms with Crippen molar-refractivity contribution >= 4 is 12.2 Å². The van der Waals surface area contributed by atoms with Crippen LogP contribution in [0, 0.1) is 0 Å². The number of rotatable bonds is 3. The van der Waals surface area contributed by atoms with E-state index in [2.05, 4.69) is 16.3 Å². The van der Waals surface area contributed by atoms with Gasteiger partial charge in [-0.25, -0.2) is 4.79 Å². The minimum Gasteiger partial charge on any atom is -0.465 e. The van der Waals surface area contributed by atoms with Crippen molar-refractivity contribution in [2.75, 3.05) is 14.2 Å². The van der Waals surface area contributed by atoms with Crippen molar-refractivity contribution in [2.45, 2.75) is 0 Å². The number of hydrogen-bond donors (Lipinski definition) is 0. The zero-order chi connectivity index (χ0) is 8.69. The van der Waals surface area contributed by atoms with Crippen molar-refractivity contribution in [3.63, 3.8) is 0 Å². The molecule has 11 heavy (non-hydrogen) atoms. The predicted molar refractivity (Wildman–Crippen MR) is 44.7 cm³/mol. The Morgan fingerprint density at radius 2 is 2.27 bits per heavy atom. The zero-order valence-electron chi connectivity index (χ0n) is 6.70. The van der Waals surface area contributed by atoms with E-state index in [0.717, 1.165) is 0 Å². The standard InChI is InChI=1S/C8H11NO2/c1-4-7(5-6-9-2)8(10)11-3/h4-6H,1H2,2-3H3/b7-5+,9-6-. The molecule has 0 aromatic heterocycles. The van der Waals surface area contributed by atoms with E-state index in [1.165, 1.54) is 19.4 Å². The summed E-state index contributed by atoms with van der Waals surface area (Å²) in [5, 5.41) is 0. The molecule has 0 aliphatic heterocycles. The summed E-state index contributed by atoms with van der Waals surface area (Å²) in [5.41, 5.74) is 0.401. The van der Waals surface area contributed by atoms with E-state index in [9.17, 15) is 4.79 Å². The van der Waals surface area contributed by atoms with Crippen LogP contribution >= 0.6 is 0 Å². The van der Waals surface area contributed by atoms with Gasteiger partial charge >= 0.3 is 5.97 Å². The lowest BCUT2D eigenvalue weighted by atomic mass is 10.2. The van der Waals surface area contributed by atoms with Crippen molar-refractivity contribution in [1.29, 1.82) is 0 Å². The highest BCUT2D eigenvalue weighted by Gasteiger charge is 2.02. The molecule has 3 heteroatoms. The van der Waals surface area contributed by atoms with Crippen LogP contribution in [0.5, 0.6) is 0 Å². The van der Waals surface area contributed by atoms with Gasteiger partial charge in [0.25, 0.3) is 0 Å². The highest BCUT2D eigenvalue weighted by atomic mass is 16.5. The first-order valence-corrected chi connectivity index (χ1v) is 3.09. The third kappa shape index (κ3) is 3.35. The number of nitrogens with zero attached hydrogens (tertiary/aromatic N) is 1. The number of ether oxygens (including phenoxy) is 1. The van der Waals surface area contributed by atoms with Crippen LogP contribution in [0.4, 0.5) is 0 Å². The molecule has 3 nitrogen and oxygen atoms in total. The van der Waals surface area contributed by atoms with Gasteiger partial charge in [-0.15, -0.1) is 0 Å². The van der Waals surface area contributed by atoms with Crippen molar-refractivity contribution in [1.82, 2.24) is 0 Å². The van der Waals surface area contributed by atoms with E-state index in [-0.39, 0.29) is 0 Å². The van der Waals surface area contributed by atoms with Gasteiger partial charge in [-0.2, -0.15) is 0 Å². The lowest BCUT2D eigenvalue weighted by molar-refractivity contribution is -0.135. The van der Waals surface area contributed by atoms with Crippen LogP contribution in [-0.2, 0) is 9.53 Å². The molecule has 0 aliphatic rings. The summed E-state index contributed by atoms with van der Waals surface area (Å²) in [5.74, 6) is -0.403. The largest absolute Gasteiger partial charge is 0.465 e. The fraction of sp³-hybridized carbons (Fsp3) is 0.250. The van der Waals surface area contributed by atoms with Crippen molar-refractivity contribution in [3.8, 4) is 0 Å². The minimum atomic E-state index is -0.403. The summed E-state index contributed by atoms with van der Waals surface area (Å²) in [6.07, 6.45) is 4.47. The average Bonchev–Trinajstić information content (AvgIpc) is 2.05. The van der Waals surface area contributed by atoms with Crippen molar-refractivity contribution < 1.29 is 9.53 Å². The number of carbonyl (C=O) groups excluding carboxylic acids is 1. The van der Waals surface area contributed by atoms with Gasteiger partial charge in [-0.1, -0.05) is 12.7 Å². The van der Waals surface area contributed by atoms with Crippen LogP contribution in [0.25, 0.3) is 0 Å². The smallest absolute Gasteiger partial charge is 0.337 e. The van der Waals surface area contributed by atoms with Crippen LogP contribution in [-0.4, -0.2) is 26.3 Å². The fourth-order valence-corrected chi connectivity index (χ4v) is 0.492. The maximum Gasteiger partial charge on any atom is 0.337 e. The van der Waals surface area contributed by atoms with E-state index in [1.807, 2.05) is 0 Å². The minimum absolute atomic E-state index is 0.401. The normalized spacial score (nSPS) is 11.6. The molecule has 0 rings (SSSR count). The molecule has 0 spiro atoms. The molecule has 0 atom stereocenters. The first-order chi connectivity index (χ1) is 5.26. The van der Waals surface area contributed by atoms with Gasteiger partial charge in [0, 0.05) is 13.3 Å². The summed E-state index contributed by atoms with van der Waals surface area (Å²) in [7, 11) is 2.94. The number of methoxy groups -OCH3 is 1. The van der Waals surface area contributed by atoms with Crippen LogP contribution in [0.1, 0.15) is 0 Å². The van der Waals surface area contributed by atoms with Gasteiger partial charge in [0.05, 0.1) is 12.7 Å². The molecule has 0 radical (unpaired) electrons. The predicted octanol–water partition coefficient (Wildman–Crippen LogP) is 0.972. The van der Waals surface area contributed by atoms with Gasteiger partial charge in [0.15, 0.2) is 0 Å². The molecule has 0 unspecified atom stereocenters. The second kappa shape index (κ2) is 5.41. The number of carbonyl (C=O) groups is 1. The number of allylic oxidation sites excluding steroid dienone is 1. The molecule has 0 fully saturated rings. The summed E-state index contributed by atoms with van der Waals surface area (Å²) in [6, 6.07) is 0. The van der Waals surface area contributed by atoms with Crippen molar-refractivity contribution in [2.24, 2.45) is 4.99 Å². The Morgan fingerprint density at radius 3 is 2.64 bits per heavy atom. The molecule has 0 heterocycles. The van der Waals surface area contributed by atoms with Crippen LogP contribution in [0.2, 0.25) is 0 Å². The van der Waals surface area contributed by atoms with E-state index in [1.54, 1.807) is 13.1 Å².